The maximum absolute atomic E-state index is 12.4. The Balaban J connectivity index is 1.50. The van der Waals surface area contributed by atoms with E-state index in [0.29, 0.717) is 5.15 Å². The quantitative estimate of drug-likeness (QED) is 0.518. The zero-order valence-electron chi connectivity index (χ0n) is 19.4. The van der Waals surface area contributed by atoms with E-state index in [0.717, 1.165) is 59.8 Å². The van der Waals surface area contributed by atoms with Crippen LogP contribution in [0.15, 0.2) is 12.3 Å². The van der Waals surface area contributed by atoms with Gasteiger partial charge in [-0.25, -0.2) is 9.78 Å². The van der Waals surface area contributed by atoms with Crippen molar-refractivity contribution >= 4 is 34.7 Å². The summed E-state index contributed by atoms with van der Waals surface area (Å²) in [6, 6.07) is 2.11. The van der Waals surface area contributed by atoms with Crippen molar-refractivity contribution in [2.45, 2.75) is 95.7 Å². The fraction of sp³-hybridized carbons (Fsp3) is 0.652. The zero-order valence-corrected chi connectivity index (χ0v) is 21.0. The molecule has 0 radical (unpaired) electrons. The molecular formula is C23H32ClN5O2S. The molecule has 2 bridgehead atoms. The first kappa shape index (κ1) is 23.2. The van der Waals surface area contributed by atoms with E-state index in [1.165, 1.54) is 0 Å². The molecule has 174 valence electrons. The highest BCUT2D eigenvalue weighted by molar-refractivity contribution is 7.14. The van der Waals surface area contributed by atoms with E-state index in [2.05, 4.69) is 39.7 Å². The third-order valence-corrected chi connectivity index (χ3v) is 7.85. The molecular weight excluding hydrogens is 446 g/mol. The van der Waals surface area contributed by atoms with Gasteiger partial charge in [0.15, 0.2) is 5.01 Å². The predicted molar refractivity (Wildman–Crippen MR) is 128 cm³/mol. The monoisotopic (exact) mass is 477 g/mol. The molecule has 9 heteroatoms. The summed E-state index contributed by atoms with van der Waals surface area (Å²) < 4.78 is 5.50. The van der Waals surface area contributed by atoms with E-state index in [1.54, 1.807) is 17.5 Å². The number of alkyl carbamates (subject to hydrolysis) is 1. The second-order valence-electron chi connectivity index (χ2n) is 10.5. The van der Waals surface area contributed by atoms with E-state index < -0.39 is 5.60 Å². The first-order chi connectivity index (χ1) is 15.0. The normalized spacial score (nSPS) is 25.1. The lowest BCUT2D eigenvalue weighted by Gasteiger charge is -2.52. The van der Waals surface area contributed by atoms with Crippen molar-refractivity contribution in [3.05, 3.63) is 22.4 Å². The number of halogens is 1. The summed E-state index contributed by atoms with van der Waals surface area (Å²) in [4.78, 5) is 16.6. The third kappa shape index (κ3) is 4.86. The van der Waals surface area contributed by atoms with Gasteiger partial charge in [0.25, 0.3) is 0 Å². The molecule has 5 rings (SSSR count). The van der Waals surface area contributed by atoms with Crippen LogP contribution in [0.2, 0.25) is 5.15 Å². The molecule has 3 aliphatic rings. The standard InChI is InChI=1S/C23H32ClN5O2S/c1-14(2)26-16-12-17(24)25-13-15(16)18-28-29-19(32-18)22-6-9-23(10-7-22,11-8-22)27-20(30)31-21(3,4)5/h12-14H,6-11H2,1-5H3,(H,25,26)(H,27,30). The molecule has 3 saturated carbocycles. The maximum Gasteiger partial charge on any atom is 0.408 e. The number of ether oxygens (including phenoxy) is 1. The molecule has 3 aliphatic carbocycles. The lowest BCUT2D eigenvalue weighted by molar-refractivity contribution is 0.0258. The number of hydrogen-bond donors (Lipinski definition) is 2. The van der Waals surface area contributed by atoms with Gasteiger partial charge in [-0.3, -0.25) is 0 Å². The van der Waals surface area contributed by atoms with Crippen LogP contribution in [0.5, 0.6) is 0 Å². The van der Waals surface area contributed by atoms with Crippen LogP contribution in [0.1, 0.15) is 78.2 Å². The van der Waals surface area contributed by atoms with Gasteiger partial charge < -0.3 is 15.4 Å². The molecule has 32 heavy (non-hydrogen) atoms. The number of rotatable bonds is 5. The summed E-state index contributed by atoms with van der Waals surface area (Å²) >= 11 is 7.78. The number of hydrogen-bond acceptors (Lipinski definition) is 7. The summed E-state index contributed by atoms with van der Waals surface area (Å²) in [5.74, 6) is 0. The molecule has 0 aliphatic heterocycles. The van der Waals surface area contributed by atoms with Crippen molar-refractivity contribution in [3.8, 4) is 10.6 Å². The second kappa shape index (κ2) is 8.45. The Morgan fingerprint density at radius 1 is 1.16 bits per heavy atom. The van der Waals surface area contributed by atoms with Crippen LogP contribution >= 0.6 is 22.9 Å². The number of amides is 1. The average Bonchev–Trinajstić information content (AvgIpc) is 3.18. The van der Waals surface area contributed by atoms with Crippen LogP contribution in [0, 0.1) is 0 Å². The van der Waals surface area contributed by atoms with Gasteiger partial charge in [-0.05, 0) is 79.2 Å². The zero-order chi connectivity index (χ0) is 23.1. The van der Waals surface area contributed by atoms with E-state index in [9.17, 15) is 4.79 Å². The number of pyridine rings is 1. The van der Waals surface area contributed by atoms with Crippen molar-refractivity contribution in [1.29, 1.82) is 0 Å². The van der Waals surface area contributed by atoms with Gasteiger partial charge in [0.05, 0.1) is 5.56 Å². The van der Waals surface area contributed by atoms with Crippen molar-refractivity contribution in [2.75, 3.05) is 5.32 Å². The van der Waals surface area contributed by atoms with Gasteiger partial charge in [0.2, 0.25) is 0 Å². The van der Waals surface area contributed by atoms with Gasteiger partial charge in [0, 0.05) is 28.9 Å². The van der Waals surface area contributed by atoms with Crippen molar-refractivity contribution in [2.24, 2.45) is 0 Å². The van der Waals surface area contributed by atoms with E-state index >= 15 is 0 Å². The number of carbonyl (C=O) groups excluding carboxylic acids is 1. The summed E-state index contributed by atoms with van der Waals surface area (Å²) in [6.07, 6.45) is 7.24. The predicted octanol–water partition coefficient (Wildman–Crippen LogP) is 5.94. The molecule has 0 atom stereocenters. The molecule has 3 fully saturated rings. The molecule has 2 N–H and O–H groups in total. The SMILES string of the molecule is CC(C)Nc1cc(Cl)ncc1-c1nnc(C23CCC(NC(=O)OC(C)(C)C)(CC2)CC3)s1. The molecule has 2 aromatic rings. The lowest BCUT2D eigenvalue weighted by Crippen LogP contribution is -2.58. The molecule has 0 unspecified atom stereocenters. The number of fused-ring (bicyclic) bond motifs is 3. The van der Waals surface area contributed by atoms with Crippen LogP contribution in [-0.4, -0.2) is 38.5 Å². The third-order valence-electron chi connectivity index (χ3n) is 6.44. The largest absolute Gasteiger partial charge is 0.444 e. The smallest absolute Gasteiger partial charge is 0.408 e. The Hall–Kier alpha value is -1.93. The number of aromatic nitrogens is 3. The highest BCUT2D eigenvalue weighted by atomic mass is 35.5. The Morgan fingerprint density at radius 2 is 1.81 bits per heavy atom. The van der Waals surface area contributed by atoms with Crippen LogP contribution in [0.4, 0.5) is 10.5 Å². The Morgan fingerprint density at radius 3 is 2.41 bits per heavy atom. The first-order valence-corrected chi connectivity index (χ1v) is 12.5. The van der Waals surface area contributed by atoms with Gasteiger partial charge in [0.1, 0.15) is 15.8 Å². The van der Waals surface area contributed by atoms with Gasteiger partial charge in [-0.15, -0.1) is 10.2 Å². The summed E-state index contributed by atoms with van der Waals surface area (Å²) in [7, 11) is 0. The number of anilines is 1. The molecule has 2 aromatic heterocycles. The Labute approximate surface area is 198 Å². The number of carbonyl (C=O) groups is 1. The minimum atomic E-state index is -0.490. The molecule has 1 amide bonds. The molecule has 0 aromatic carbocycles. The minimum absolute atomic E-state index is 0.0404. The Kier molecular flexibility index (Phi) is 6.13. The molecule has 7 nitrogen and oxygen atoms in total. The lowest BCUT2D eigenvalue weighted by atomic mass is 9.57. The fourth-order valence-corrected chi connectivity index (χ4v) is 6.09. The van der Waals surface area contributed by atoms with Crippen LogP contribution in [-0.2, 0) is 10.2 Å². The van der Waals surface area contributed by atoms with Crippen molar-refractivity contribution < 1.29 is 9.53 Å². The fourth-order valence-electron chi connectivity index (χ4n) is 4.79. The van der Waals surface area contributed by atoms with Crippen LogP contribution in [0.25, 0.3) is 10.6 Å². The van der Waals surface area contributed by atoms with Gasteiger partial charge in [-0.1, -0.05) is 22.9 Å². The van der Waals surface area contributed by atoms with Crippen molar-refractivity contribution in [1.82, 2.24) is 20.5 Å². The average molecular weight is 478 g/mol. The van der Waals surface area contributed by atoms with E-state index in [-0.39, 0.29) is 23.1 Å². The highest BCUT2D eigenvalue weighted by Gasteiger charge is 2.52. The van der Waals surface area contributed by atoms with E-state index in [4.69, 9.17) is 16.3 Å². The molecule has 0 spiro atoms. The summed E-state index contributed by atoms with van der Waals surface area (Å²) in [5.41, 5.74) is 1.24. The summed E-state index contributed by atoms with van der Waals surface area (Å²) in [5, 5.41) is 18.2. The second-order valence-corrected chi connectivity index (χ2v) is 11.8. The topological polar surface area (TPSA) is 89.0 Å². The molecule has 0 saturated heterocycles. The minimum Gasteiger partial charge on any atom is -0.444 e. The molecule has 2 heterocycles. The maximum atomic E-state index is 12.4. The van der Waals surface area contributed by atoms with Crippen LogP contribution in [0.3, 0.4) is 0 Å². The first-order valence-electron chi connectivity index (χ1n) is 11.3. The number of nitrogens with one attached hydrogen (secondary N) is 2. The van der Waals surface area contributed by atoms with Gasteiger partial charge >= 0.3 is 6.09 Å². The summed E-state index contributed by atoms with van der Waals surface area (Å²) in [6.45, 7) is 9.85. The number of nitrogens with zero attached hydrogens (tertiary/aromatic N) is 3. The Bertz CT molecular complexity index is 976. The van der Waals surface area contributed by atoms with Crippen LogP contribution < -0.4 is 10.6 Å². The van der Waals surface area contributed by atoms with E-state index in [1.807, 2.05) is 26.8 Å². The van der Waals surface area contributed by atoms with Gasteiger partial charge in [-0.2, -0.15) is 0 Å². The van der Waals surface area contributed by atoms with Crippen molar-refractivity contribution in [3.63, 3.8) is 0 Å². The highest BCUT2D eigenvalue weighted by Crippen LogP contribution is 2.54.